The molecule has 0 fully saturated rings. The minimum Gasteiger partial charge on any atom is -0.485 e. The number of rotatable bonds is 5. The first-order chi connectivity index (χ1) is 16.8. The van der Waals surface area contributed by atoms with Gasteiger partial charge in [0.1, 0.15) is 17.6 Å². The molecule has 2 aromatic heterocycles. The second-order valence-electron chi connectivity index (χ2n) is 7.64. The van der Waals surface area contributed by atoms with Crippen molar-refractivity contribution in [2.24, 2.45) is 0 Å². The molecule has 0 radical (unpaired) electrons. The van der Waals surface area contributed by atoms with Crippen LogP contribution in [0.2, 0.25) is 0 Å². The number of halogens is 3. The predicted molar refractivity (Wildman–Crippen MR) is 121 cm³/mol. The first kappa shape index (κ1) is 22.2. The van der Waals surface area contributed by atoms with Crippen LogP contribution in [0.15, 0.2) is 86.7 Å². The van der Waals surface area contributed by atoms with E-state index in [4.69, 9.17) is 19.4 Å². The van der Waals surface area contributed by atoms with E-state index in [1.807, 2.05) is 0 Å². The topological polar surface area (TPSA) is 104 Å². The maximum absolute atomic E-state index is 12.9. The first-order valence-electron chi connectivity index (χ1n) is 10.3. The fourth-order valence-corrected chi connectivity index (χ4v) is 3.47. The average molecular weight is 479 g/mol. The van der Waals surface area contributed by atoms with Gasteiger partial charge in [0, 0.05) is 17.3 Å². The van der Waals surface area contributed by atoms with Crippen LogP contribution in [0.3, 0.4) is 0 Å². The second-order valence-corrected chi connectivity index (χ2v) is 7.64. The van der Waals surface area contributed by atoms with Crippen LogP contribution in [0.1, 0.15) is 11.4 Å². The quantitative estimate of drug-likeness (QED) is 0.323. The van der Waals surface area contributed by atoms with Gasteiger partial charge in [-0.15, -0.1) is 0 Å². The molecular weight excluding hydrogens is 463 g/mol. The standard InChI is InChI=1S/C25H16F3N3O4/c26-25(27,28)16-3-1-2-15(10-16)24-30-22(31-35-24)13-33-18-8-9-19-21(11-18)34-12-20(23(19)32)14-4-6-17(29)7-5-14/h1-12H,13,29H2. The van der Waals surface area contributed by atoms with Crippen molar-refractivity contribution in [2.75, 3.05) is 5.73 Å². The fraction of sp³-hybridized carbons (Fsp3) is 0.0800. The van der Waals surface area contributed by atoms with E-state index in [1.54, 1.807) is 42.5 Å². The maximum Gasteiger partial charge on any atom is 0.416 e. The third kappa shape index (κ3) is 4.58. The van der Waals surface area contributed by atoms with Crippen LogP contribution in [0.25, 0.3) is 33.6 Å². The number of hydrogen-bond acceptors (Lipinski definition) is 7. The minimum atomic E-state index is -4.48. The number of alkyl halides is 3. The molecule has 0 aliphatic heterocycles. The van der Waals surface area contributed by atoms with Gasteiger partial charge in [0.05, 0.1) is 16.5 Å². The summed E-state index contributed by atoms with van der Waals surface area (Å²) < 4.78 is 55.2. The number of benzene rings is 3. The van der Waals surface area contributed by atoms with Crippen LogP contribution < -0.4 is 15.9 Å². The number of fused-ring (bicyclic) bond motifs is 1. The zero-order valence-corrected chi connectivity index (χ0v) is 17.9. The molecule has 0 saturated carbocycles. The molecule has 0 spiro atoms. The zero-order valence-electron chi connectivity index (χ0n) is 17.9. The Morgan fingerprint density at radius 2 is 1.77 bits per heavy atom. The van der Waals surface area contributed by atoms with Crippen molar-refractivity contribution in [3.05, 3.63) is 94.6 Å². The molecule has 5 rings (SSSR count). The molecule has 0 saturated heterocycles. The molecule has 35 heavy (non-hydrogen) atoms. The molecule has 0 bridgehead atoms. The highest BCUT2D eigenvalue weighted by molar-refractivity contribution is 5.82. The predicted octanol–water partition coefficient (Wildman–Crippen LogP) is 5.69. The molecule has 10 heteroatoms. The molecule has 0 unspecified atom stereocenters. The Morgan fingerprint density at radius 1 is 0.971 bits per heavy atom. The van der Waals surface area contributed by atoms with Gasteiger partial charge in [-0.3, -0.25) is 4.79 Å². The summed E-state index contributed by atoms with van der Waals surface area (Å²) in [5.41, 5.74) is 6.82. The fourth-order valence-electron chi connectivity index (χ4n) is 3.47. The summed E-state index contributed by atoms with van der Waals surface area (Å²) in [6.45, 7) is -0.109. The van der Waals surface area contributed by atoms with Crippen LogP contribution in [0, 0.1) is 0 Å². The SMILES string of the molecule is Nc1ccc(-c2coc3cc(OCc4noc(-c5cccc(C(F)(F)F)c5)n4)ccc3c2=O)cc1. The Hall–Kier alpha value is -4.60. The number of hydrogen-bond donors (Lipinski definition) is 1. The lowest BCUT2D eigenvalue weighted by Crippen LogP contribution is -2.05. The summed E-state index contributed by atoms with van der Waals surface area (Å²) in [6, 6.07) is 16.2. The van der Waals surface area contributed by atoms with Crippen molar-refractivity contribution < 1.29 is 26.8 Å². The summed E-state index contributed by atoms with van der Waals surface area (Å²) in [7, 11) is 0. The van der Waals surface area contributed by atoms with Crippen molar-refractivity contribution in [1.29, 1.82) is 0 Å². The summed E-state index contributed by atoms with van der Waals surface area (Å²) in [4.78, 5) is 17.0. The second kappa shape index (κ2) is 8.64. The van der Waals surface area contributed by atoms with E-state index in [0.717, 1.165) is 12.1 Å². The molecule has 3 aromatic carbocycles. The van der Waals surface area contributed by atoms with Gasteiger partial charge in [-0.25, -0.2) is 0 Å². The van der Waals surface area contributed by atoms with E-state index < -0.39 is 11.7 Å². The van der Waals surface area contributed by atoms with E-state index >= 15 is 0 Å². The summed E-state index contributed by atoms with van der Waals surface area (Å²) in [5.74, 6) is 0.457. The molecule has 0 aliphatic carbocycles. The number of nitrogens with zero attached hydrogens (tertiary/aromatic N) is 2. The molecular formula is C25H16F3N3O4. The van der Waals surface area contributed by atoms with Gasteiger partial charge >= 0.3 is 6.18 Å². The van der Waals surface area contributed by atoms with Crippen molar-refractivity contribution in [1.82, 2.24) is 10.1 Å². The van der Waals surface area contributed by atoms with Crippen LogP contribution in [-0.4, -0.2) is 10.1 Å². The van der Waals surface area contributed by atoms with Crippen LogP contribution in [0.4, 0.5) is 18.9 Å². The third-order valence-electron chi connectivity index (χ3n) is 5.24. The Bertz CT molecular complexity index is 1570. The van der Waals surface area contributed by atoms with E-state index in [0.29, 0.717) is 33.5 Å². The highest BCUT2D eigenvalue weighted by atomic mass is 19.4. The van der Waals surface area contributed by atoms with Crippen molar-refractivity contribution >= 4 is 16.7 Å². The maximum atomic E-state index is 12.9. The van der Waals surface area contributed by atoms with E-state index in [2.05, 4.69) is 10.1 Å². The average Bonchev–Trinajstić information content (AvgIpc) is 3.32. The third-order valence-corrected chi connectivity index (χ3v) is 5.24. The zero-order chi connectivity index (χ0) is 24.6. The number of nitrogen functional groups attached to an aromatic ring is 1. The summed E-state index contributed by atoms with van der Waals surface area (Å²) in [6.07, 6.45) is -3.11. The van der Waals surface area contributed by atoms with Crippen LogP contribution in [-0.2, 0) is 12.8 Å². The Morgan fingerprint density at radius 3 is 2.54 bits per heavy atom. The summed E-state index contributed by atoms with van der Waals surface area (Å²) in [5, 5.41) is 4.13. The molecule has 2 N–H and O–H groups in total. The molecule has 7 nitrogen and oxygen atoms in total. The van der Waals surface area contributed by atoms with Gasteiger partial charge < -0.3 is 19.4 Å². The lowest BCUT2D eigenvalue weighted by Gasteiger charge is -2.06. The van der Waals surface area contributed by atoms with Gasteiger partial charge in [0.2, 0.25) is 5.82 Å². The normalized spacial score (nSPS) is 11.6. The first-order valence-corrected chi connectivity index (χ1v) is 10.3. The van der Waals surface area contributed by atoms with Gasteiger partial charge in [-0.05, 0) is 48.0 Å². The summed E-state index contributed by atoms with van der Waals surface area (Å²) >= 11 is 0. The van der Waals surface area contributed by atoms with E-state index in [-0.39, 0.29) is 29.3 Å². The van der Waals surface area contributed by atoms with E-state index in [9.17, 15) is 18.0 Å². The number of nitrogens with two attached hydrogens (primary N) is 1. The molecule has 0 atom stereocenters. The lowest BCUT2D eigenvalue weighted by molar-refractivity contribution is -0.137. The Kier molecular flexibility index (Phi) is 5.48. The van der Waals surface area contributed by atoms with E-state index in [1.165, 1.54) is 18.4 Å². The van der Waals surface area contributed by atoms with Gasteiger partial charge in [-0.2, -0.15) is 18.2 Å². The van der Waals surface area contributed by atoms with Gasteiger partial charge in [-0.1, -0.05) is 23.4 Å². The Balaban J connectivity index is 1.33. The van der Waals surface area contributed by atoms with Crippen LogP contribution in [0.5, 0.6) is 5.75 Å². The minimum absolute atomic E-state index is 0.0607. The molecule has 0 amide bonds. The van der Waals surface area contributed by atoms with Crippen molar-refractivity contribution in [3.63, 3.8) is 0 Å². The highest BCUT2D eigenvalue weighted by Gasteiger charge is 2.30. The number of anilines is 1. The number of aromatic nitrogens is 2. The smallest absolute Gasteiger partial charge is 0.416 e. The monoisotopic (exact) mass is 479 g/mol. The van der Waals surface area contributed by atoms with Gasteiger partial charge in [0.15, 0.2) is 12.0 Å². The van der Waals surface area contributed by atoms with Crippen molar-refractivity contribution in [3.8, 4) is 28.3 Å². The largest absolute Gasteiger partial charge is 0.485 e. The molecule has 176 valence electrons. The molecule has 2 heterocycles. The van der Waals surface area contributed by atoms with Crippen LogP contribution >= 0.6 is 0 Å². The highest BCUT2D eigenvalue weighted by Crippen LogP contribution is 2.32. The molecule has 5 aromatic rings. The van der Waals surface area contributed by atoms with Gasteiger partial charge in [0.25, 0.3) is 5.89 Å². The Labute approximate surface area is 195 Å². The van der Waals surface area contributed by atoms with Crippen molar-refractivity contribution in [2.45, 2.75) is 12.8 Å². The lowest BCUT2D eigenvalue weighted by atomic mass is 10.1. The number of ether oxygens (including phenoxy) is 1. The molecule has 0 aliphatic rings.